The number of carbonyl (C=O) groups excluding carboxylic acids is 1. The maximum atomic E-state index is 12.8. The van der Waals surface area contributed by atoms with Gasteiger partial charge in [-0.3, -0.25) is 4.79 Å². The monoisotopic (exact) mass is 379 g/mol. The lowest BCUT2D eigenvalue weighted by Crippen LogP contribution is -2.49. The first kappa shape index (κ1) is 17.6. The standard InChI is InChI=1S/C20H21N5OS/c1-2-17-13-18(23-14-22-17)24-8-10-25(11-9-24)20(26)16-5-3-15(4-6-16)19-21-7-12-27-19/h3-7,12-14H,2,8-11H2,1H3. The molecule has 1 amide bonds. The summed E-state index contributed by atoms with van der Waals surface area (Å²) in [6.07, 6.45) is 4.31. The van der Waals surface area contributed by atoms with E-state index in [1.165, 1.54) is 0 Å². The molecule has 0 unspecified atom stereocenters. The molecular weight excluding hydrogens is 358 g/mol. The molecule has 1 saturated heterocycles. The van der Waals surface area contributed by atoms with E-state index < -0.39 is 0 Å². The van der Waals surface area contributed by atoms with Crippen LogP contribution in [0.5, 0.6) is 0 Å². The average Bonchev–Trinajstić information content (AvgIpc) is 3.28. The third-order valence-corrected chi connectivity index (χ3v) is 5.60. The Morgan fingerprint density at radius 1 is 1.07 bits per heavy atom. The molecule has 2 aromatic heterocycles. The van der Waals surface area contributed by atoms with Gasteiger partial charge in [0.1, 0.15) is 17.2 Å². The Labute approximate surface area is 162 Å². The number of piperazine rings is 1. The van der Waals surface area contributed by atoms with Crippen LogP contribution in [0, 0.1) is 0 Å². The second kappa shape index (κ2) is 7.84. The lowest BCUT2D eigenvalue weighted by molar-refractivity contribution is 0.0746. The number of hydrogen-bond donors (Lipinski definition) is 0. The minimum atomic E-state index is 0.0808. The van der Waals surface area contributed by atoms with Gasteiger partial charge in [-0.25, -0.2) is 15.0 Å². The van der Waals surface area contributed by atoms with Crippen molar-refractivity contribution < 1.29 is 4.79 Å². The van der Waals surface area contributed by atoms with Crippen LogP contribution in [-0.2, 0) is 6.42 Å². The van der Waals surface area contributed by atoms with Gasteiger partial charge in [-0.2, -0.15) is 0 Å². The topological polar surface area (TPSA) is 62.2 Å². The first-order valence-electron chi connectivity index (χ1n) is 9.09. The summed E-state index contributed by atoms with van der Waals surface area (Å²) < 4.78 is 0. The van der Waals surface area contributed by atoms with Crippen molar-refractivity contribution in [1.29, 1.82) is 0 Å². The summed E-state index contributed by atoms with van der Waals surface area (Å²) in [6, 6.07) is 9.76. The number of aromatic nitrogens is 3. The van der Waals surface area contributed by atoms with E-state index in [9.17, 15) is 4.79 Å². The van der Waals surface area contributed by atoms with E-state index in [4.69, 9.17) is 0 Å². The number of nitrogens with zero attached hydrogens (tertiary/aromatic N) is 5. The summed E-state index contributed by atoms with van der Waals surface area (Å²) in [6.45, 7) is 5.03. The van der Waals surface area contributed by atoms with E-state index in [0.29, 0.717) is 13.1 Å². The lowest BCUT2D eigenvalue weighted by Gasteiger charge is -2.35. The Bertz CT molecular complexity index is 902. The molecule has 1 aliphatic heterocycles. The summed E-state index contributed by atoms with van der Waals surface area (Å²) in [7, 11) is 0. The van der Waals surface area contributed by atoms with Gasteiger partial charge in [-0.15, -0.1) is 11.3 Å². The van der Waals surface area contributed by atoms with Crippen LogP contribution < -0.4 is 4.90 Å². The molecule has 0 N–H and O–H groups in total. The van der Waals surface area contributed by atoms with Gasteiger partial charge in [-0.05, 0) is 18.6 Å². The third-order valence-electron chi connectivity index (χ3n) is 4.77. The van der Waals surface area contributed by atoms with Gasteiger partial charge >= 0.3 is 0 Å². The van der Waals surface area contributed by atoms with Crippen LogP contribution >= 0.6 is 11.3 Å². The molecule has 0 bridgehead atoms. The van der Waals surface area contributed by atoms with Crippen molar-refractivity contribution in [3.63, 3.8) is 0 Å². The Morgan fingerprint density at radius 3 is 2.52 bits per heavy atom. The molecule has 6 nitrogen and oxygen atoms in total. The van der Waals surface area contributed by atoms with Crippen LogP contribution in [0.25, 0.3) is 10.6 Å². The summed E-state index contributed by atoms with van der Waals surface area (Å²) in [5.41, 5.74) is 2.81. The molecule has 3 heterocycles. The molecule has 27 heavy (non-hydrogen) atoms. The highest BCUT2D eigenvalue weighted by Gasteiger charge is 2.23. The minimum Gasteiger partial charge on any atom is -0.353 e. The van der Waals surface area contributed by atoms with E-state index in [0.717, 1.165) is 47.2 Å². The highest BCUT2D eigenvalue weighted by atomic mass is 32.1. The Morgan fingerprint density at radius 2 is 1.85 bits per heavy atom. The molecular formula is C20H21N5OS. The second-order valence-electron chi connectivity index (χ2n) is 6.41. The largest absolute Gasteiger partial charge is 0.353 e. The third kappa shape index (κ3) is 3.83. The molecule has 3 aromatic rings. The maximum absolute atomic E-state index is 12.8. The number of carbonyl (C=O) groups is 1. The van der Waals surface area contributed by atoms with Crippen molar-refractivity contribution >= 4 is 23.1 Å². The number of hydrogen-bond acceptors (Lipinski definition) is 6. The summed E-state index contributed by atoms with van der Waals surface area (Å²) in [4.78, 5) is 29.9. The minimum absolute atomic E-state index is 0.0808. The smallest absolute Gasteiger partial charge is 0.253 e. The van der Waals surface area contributed by atoms with Crippen LogP contribution in [0.4, 0.5) is 5.82 Å². The van der Waals surface area contributed by atoms with Crippen molar-refractivity contribution in [3.05, 3.63) is 59.5 Å². The average molecular weight is 379 g/mol. The second-order valence-corrected chi connectivity index (χ2v) is 7.31. The van der Waals surface area contributed by atoms with Crippen molar-refractivity contribution in [2.45, 2.75) is 13.3 Å². The summed E-state index contributed by atoms with van der Waals surface area (Å²) >= 11 is 1.60. The van der Waals surface area contributed by atoms with Gasteiger partial charge in [0.2, 0.25) is 0 Å². The van der Waals surface area contributed by atoms with Crippen LogP contribution in [0.3, 0.4) is 0 Å². The molecule has 0 aliphatic carbocycles. The zero-order valence-corrected chi connectivity index (χ0v) is 16.0. The first-order chi connectivity index (χ1) is 13.2. The molecule has 0 radical (unpaired) electrons. The van der Waals surface area contributed by atoms with Crippen molar-refractivity contribution in [3.8, 4) is 10.6 Å². The van der Waals surface area contributed by atoms with Crippen LogP contribution in [-0.4, -0.2) is 51.9 Å². The van der Waals surface area contributed by atoms with E-state index in [2.05, 4.69) is 26.8 Å². The number of aryl methyl sites for hydroxylation is 1. The molecule has 1 aromatic carbocycles. The highest BCUT2D eigenvalue weighted by Crippen LogP contribution is 2.22. The van der Waals surface area contributed by atoms with E-state index in [-0.39, 0.29) is 5.91 Å². The van der Waals surface area contributed by atoms with Gasteiger partial charge in [0.15, 0.2) is 0 Å². The fourth-order valence-corrected chi connectivity index (χ4v) is 3.84. The predicted molar refractivity (Wildman–Crippen MR) is 107 cm³/mol. The van der Waals surface area contributed by atoms with Crippen molar-refractivity contribution in [2.75, 3.05) is 31.1 Å². The lowest BCUT2D eigenvalue weighted by atomic mass is 10.1. The van der Waals surface area contributed by atoms with Gasteiger partial charge in [0.25, 0.3) is 5.91 Å². The van der Waals surface area contributed by atoms with E-state index in [1.54, 1.807) is 23.9 Å². The van der Waals surface area contributed by atoms with E-state index in [1.807, 2.05) is 40.6 Å². The molecule has 138 valence electrons. The molecule has 0 saturated carbocycles. The van der Waals surface area contributed by atoms with Gasteiger partial charge < -0.3 is 9.80 Å². The molecule has 7 heteroatoms. The van der Waals surface area contributed by atoms with Crippen molar-refractivity contribution in [1.82, 2.24) is 19.9 Å². The zero-order chi connectivity index (χ0) is 18.6. The molecule has 0 atom stereocenters. The fraction of sp³-hybridized carbons (Fsp3) is 0.300. The Balaban J connectivity index is 1.39. The summed E-state index contributed by atoms with van der Waals surface area (Å²) in [5, 5.41) is 2.92. The quantitative estimate of drug-likeness (QED) is 0.697. The fourth-order valence-electron chi connectivity index (χ4n) is 3.19. The van der Waals surface area contributed by atoms with Crippen LogP contribution in [0.2, 0.25) is 0 Å². The zero-order valence-electron chi connectivity index (χ0n) is 15.2. The van der Waals surface area contributed by atoms with Gasteiger partial charge in [-0.1, -0.05) is 19.1 Å². The Kier molecular flexibility index (Phi) is 5.11. The SMILES string of the molecule is CCc1cc(N2CCN(C(=O)c3ccc(-c4nccs4)cc3)CC2)ncn1. The predicted octanol–water partition coefficient (Wildman–Crippen LogP) is 3.12. The highest BCUT2D eigenvalue weighted by molar-refractivity contribution is 7.13. The number of benzene rings is 1. The number of rotatable bonds is 4. The van der Waals surface area contributed by atoms with E-state index >= 15 is 0 Å². The molecule has 1 aliphatic rings. The summed E-state index contributed by atoms with van der Waals surface area (Å²) in [5.74, 6) is 1.03. The van der Waals surface area contributed by atoms with Gasteiger partial charge in [0, 0.05) is 60.6 Å². The Hall–Kier alpha value is -2.80. The molecule has 0 spiro atoms. The number of thiazole rings is 1. The first-order valence-corrected chi connectivity index (χ1v) is 9.97. The van der Waals surface area contributed by atoms with Crippen LogP contribution in [0.1, 0.15) is 23.0 Å². The molecule has 4 rings (SSSR count). The molecule has 1 fully saturated rings. The van der Waals surface area contributed by atoms with Crippen LogP contribution in [0.15, 0.2) is 48.2 Å². The number of amides is 1. The number of anilines is 1. The van der Waals surface area contributed by atoms with Gasteiger partial charge in [0.05, 0.1) is 0 Å². The normalized spacial score (nSPS) is 14.4. The maximum Gasteiger partial charge on any atom is 0.253 e. The van der Waals surface area contributed by atoms with Crippen molar-refractivity contribution in [2.24, 2.45) is 0 Å².